The van der Waals surface area contributed by atoms with Gasteiger partial charge in [-0.15, -0.1) is 0 Å². The number of rotatable bonds is 7. The van der Waals surface area contributed by atoms with Gasteiger partial charge in [0.2, 0.25) is 0 Å². The number of nitrogens with one attached hydrogen (secondary N) is 1. The summed E-state index contributed by atoms with van der Waals surface area (Å²) >= 11 is 6.27. The summed E-state index contributed by atoms with van der Waals surface area (Å²) in [7, 11) is 1.69. The van der Waals surface area contributed by atoms with E-state index in [-0.39, 0.29) is 5.43 Å². The van der Waals surface area contributed by atoms with Crippen molar-refractivity contribution in [2.24, 2.45) is 0 Å². The zero-order chi connectivity index (χ0) is 16.8. The number of aromatic amines is 1. The molecular weight excluding hydrogens is 312 g/mol. The van der Waals surface area contributed by atoms with Crippen LogP contribution in [0.25, 0.3) is 0 Å². The summed E-state index contributed by atoms with van der Waals surface area (Å²) in [5.74, 6) is 0. The zero-order valence-electron chi connectivity index (χ0n) is 13.9. The van der Waals surface area contributed by atoms with Crippen molar-refractivity contribution in [1.82, 2.24) is 9.88 Å². The van der Waals surface area contributed by atoms with Crippen LogP contribution >= 0.6 is 11.6 Å². The van der Waals surface area contributed by atoms with E-state index in [0.29, 0.717) is 19.7 Å². The summed E-state index contributed by atoms with van der Waals surface area (Å²) in [5.41, 5.74) is 3.61. The first kappa shape index (κ1) is 17.7. The van der Waals surface area contributed by atoms with E-state index in [0.717, 1.165) is 34.0 Å². The minimum Gasteiger partial charge on any atom is -0.383 e. The Labute approximate surface area is 142 Å². The smallest absolute Gasteiger partial charge is 0.187 e. The summed E-state index contributed by atoms with van der Waals surface area (Å²) in [6.07, 6.45) is 1.77. The average molecular weight is 335 g/mol. The molecule has 124 valence electrons. The van der Waals surface area contributed by atoms with Crippen molar-refractivity contribution >= 4 is 11.6 Å². The highest BCUT2D eigenvalue weighted by Crippen LogP contribution is 2.18. The third-order valence-corrected chi connectivity index (χ3v) is 4.33. The molecule has 1 N–H and O–H groups in total. The summed E-state index contributed by atoms with van der Waals surface area (Å²) in [6.45, 7) is 6.43. The average Bonchev–Trinajstić information content (AvgIpc) is 2.55. The largest absolute Gasteiger partial charge is 0.383 e. The highest BCUT2D eigenvalue weighted by molar-refractivity contribution is 6.31. The van der Waals surface area contributed by atoms with E-state index in [1.54, 1.807) is 13.3 Å². The van der Waals surface area contributed by atoms with Gasteiger partial charge in [0.15, 0.2) is 5.43 Å². The zero-order valence-corrected chi connectivity index (χ0v) is 14.6. The highest BCUT2D eigenvalue weighted by Gasteiger charge is 2.12. The Morgan fingerprint density at radius 2 is 1.96 bits per heavy atom. The molecule has 0 aliphatic rings. The first-order valence-corrected chi connectivity index (χ1v) is 8.03. The Morgan fingerprint density at radius 3 is 2.65 bits per heavy atom. The van der Waals surface area contributed by atoms with Crippen LogP contribution in [0.2, 0.25) is 5.02 Å². The third kappa shape index (κ3) is 4.67. The number of hydrogen-bond donors (Lipinski definition) is 1. The number of pyridine rings is 1. The number of benzene rings is 1. The van der Waals surface area contributed by atoms with E-state index < -0.39 is 0 Å². The molecule has 4 nitrogen and oxygen atoms in total. The molecule has 23 heavy (non-hydrogen) atoms. The summed E-state index contributed by atoms with van der Waals surface area (Å²) in [6, 6.07) is 7.82. The maximum Gasteiger partial charge on any atom is 0.187 e. The maximum atomic E-state index is 12.1. The van der Waals surface area contributed by atoms with Crippen molar-refractivity contribution in [1.29, 1.82) is 0 Å². The standard InChI is InChI=1S/C18H23ClN2O2/c1-13-10-20-17(14(2)18(13)22)12-21(8-9-23-3)11-15-6-4-5-7-16(15)19/h4-7,10H,8-9,11-12H2,1-3H3,(H,20,22). The number of halogens is 1. The molecule has 1 heterocycles. The van der Waals surface area contributed by atoms with Crippen LogP contribution < -0.4 is 5.43 Å². The number of nitrogens with zero attached hydrogens (tertiary/aromatic N) is 1. The molecule has 0 radical (unpaired) electrons. The van der Waals surface area contributed by atoms with Crippen LogP contribution in [-0.2, 0) is 17.8 Å². The van der Waals surface area contributed by atoms with Crippen LogP contribution in [-0.4, -0.2) is 30.1 Å². The van der Waals surface area contributed by atoms with Crippen LogP contribution in [0, 0.1) is 13.8 Å². The van der Waals surface area contributed by atoms with Gasteiger partial charge < -0.3 is 9.72 Å². The predicted octanol–water partition coefficient (Wildman–Crippen LogP) is 3.29. The molecule has 0 atom stereocenters. The molecule has 0 saturated carbocycles. The molecule has 0 unspecified atom stereocenters. The van der Waals surface area contributed by atoms with Gasteiger partial charge in [0, 0.05) is 54.8 Å². The fraction of sp³-hybridized carbons (Fsp3) is 0.389. The number of hydrogen-bond acceptors (Lipinski definition) is 3. The number of ether oxygens (including phenoxy) is 1. The molecular formula is C18H23ClN2O2. The van der Waals surface area contributed by atoms with Gasteiger partial charge in [-0.1, -0.05) is 29.8 Å². The summed E-state index contributed by atoms with van der Waals surface area (Å²) in [4.78, 5) is 17.6. The number of methoxy groups -OCH3 is 1. The van der Waals surface area contributed by atoms with Gasteiger partial charge in [-0.05, 0) is 25.5 Å². The molecule has 0 spiro atoms. The topological polar surface area (TPSA) is 45.3 Å². The van der Waals surface area contributed by atoms with Crippen LogP contribution in [0.4, 0.5) is 0 Å². The molecule has 0 amide bonds. The van der Waals surface area contributed by atoms with Crippen molar-refractivity contribution in [2.45, 2.75) is 26.9 Å². The lowest BCUT2D eigenvalue weighted by atomic mass is 10.1. The van der Waals surface area contributed by atoms with E-state index in [2.05, 4.69) is 9.88 Å². The Hall–Kier alpha value is -1.62. The predicted molar refractivity (Wildman–Crippen MR) is 94.0 cm³/mol. The third-order valence-electron chi connectivity index (χ3n) is 3.96. The molecule has 5 heteroatoms. The molecule has 1 aromatic carbocycles. The molecule has 2 rings (SSSR count). The summed E-state index contributed by atoms with van der Waals surface area (Å²) in [5, 5.41) is 0.754. The van der Waals surface area contributed by atoms with Gasteiger partial charge in [0.05, 0.1) is 6.61 Å². The van der Waals surface area contributed by atoms with Crippen molar-refractivity contribution < 1.29 is 4.74 Å². The number of H-pyrrole nitrogens is 1. The van der Waals surface area contributed by atoms with E-state index in [1.165, 1.54) is 0 Å². The van der Waals surface area contributed by atoms with Crippen LogP contribution in [0.15, 0.2) is 35.3 Å². The van der Waals surface area contributed by atoms with Crippen LogP contribution in [0.3, 0.4) is 0 Å². The van der Waals surface area contributed by atoms with Crippen molar-refractivity contribution in [3.8, 4) is 0 Å². The molecule has 0 aliphatic heterocycles. The lowest BCUT2D eigenvalue weighted by molar-refractivity contribution is 0.139. The molecule has 0 fully saturated rings. The van der Waals surface area contributed by atoms with E-state index in [4.69, 9.17) is 16.3 Å². The minimum atomic E-state index is 0.100. The Balaban J connectivity index is 2.21. The Bertz CT molecular complexity index is 712. The molecule has 0 aliphatic carbocycles. The van der Waals surface area contributed by atoms with Gasteiger partial charge in [0.1, 0.15) is 0 Å². The number of aromatic nitrogens is 1. The Morgan fingerprint density at radius 1 is 1.22 bits per heavy atom. The molecule has 2 aromatic rings. The normalized spacial score (nSPS) is 11.2. The monoisotopic (exact) mass is 334 g/mol. The van der Waals surface area contributed by atoms with E-state index >= 15 is 0 Å². The lowest BCUT2D eigenvalue weighted by Gasteiger charge is -2.23. The molecule has 0 bridgehead atoms. The van der Waals surface area contributed by atoms with Gasteiger partial charge in [-0.3, -0.25) is 9.69 Å². The SMILES string of the molecule is COCCN(Cc1ccccc1Cl)Cc1[nH]cc(C)c(=O)c1C. The van der Waals surface area contributed by atoms with Crippen molar-refractivity contribution in [2.75, 3.05) is 20.3 Å². The minimum absolute atomic E-state index is 0.100. The maximum absolute atomic E-state index is 12.1. The second-order valence-electron chi connectivity index (χ2n) is 5.70. The molecule has 0 saturated heterocycles. The first-order valence-electron chi connectivity index (χ1n) is 7.65. The van der Waals surface area contributed by atoms with Gasteiger partial charge >= 0.3 is 0 Å². The number of aryl methyl sites for hydroxylation is 1. The van der Waals surface area contributed by atoms with E-state index in [1.807, 2.05) is 38.1 Å². The van der Waals surface area contributed by atoms with Gasteiger partial charge in [-0.2, -0.15) is 0 Å². The fourth-order valence-electron chi connectivity index (χ4n) is 2.49. The van der Waals surface area contributed by atoms with Crippen molar-refractivity contribution in [3.63, 3.8) is 0 Å². The van der Waals surface area contributed by atoms with Gasteiger partial charge in [-0.25, -0.2) is 0 Å². The second-order valence-corrected chi connectivity index (χ2v) is 6.11. The highest BCUT2D eigenvalue weighted by atomic mass is 35.5. The second kappa shape index (κ2) is 8.29. The lowest BCUT2D eigenvalue weighted by Crippen LogP contribution is -2.28. The Kier molecular flexibility index (Phi) is 6.39. The van der Waals surface area contributed by atoms with Crippen LogP contribution in [0.1, 0.15) is 22.4 Å². The van der Waals surface area contributed by atoms with E-state index in [9.17, 15) is 4.79 Å². The van der Waals surface area contributed by atoms with Crippen LogP contribution in [0.5, 0.6) is 0 Å². The molecule has 1 aromatic heterocycles. The fourth-order valence-corrected chi connectivity index (χ4v) is 2.69. The quantitative estimate of drug-likeness (QED) is 0.845. The first-order chi connectivity index (χ1) is 11.0. The van der Waals surface area contributed by atoms with Gasteiger partial charge in [0.25, 0.3) is 0 Å². The summed E-state index contributed by atoms with van der Waals surface area (Å²) < 4.78 is 5.20. The van der Waals surface area contributed by atoms with Crippen molar-refractivity contribution in [3.05, 3.63) is 68.1 Å².